The molecule has 0 fully saturated rings. The molecule has 106 valence electrons. The second-order valence-electron chi connectivity index (χ2n) is 4.73. The highest BCUT2D eigenvalue weighted by Gasteiger charge is 2.18. The number of carboxylic acids is 1. The predicted octanol–water partition coefficient (Wildman–Crippen LogP) is 1.25. The summed E-state index contributed by atoms with van der Waals surface area (Å²) in [6, 6.07) is 4.96. The molecule has 0 aliphatic carbocycles. The molecule has 0 saturated heterocycles. The highest BCUT2D eigenvalue weighted by molar-refractivity contribution is 7.89. The molecule has 0 radical (unpaired) electrons. The van der Waals surface area contributed by atoms with Gasteiger partial charge in [-0.2, -0.15) is 0 Å². The number of nitrogens with one attached hydrogen (secondary N) is 1. The van der Waals surface area contributed by atoms with Crippen LogP contribution in [0.3, 0.4) is 0 Å². The molecule has 19 heavy (non-hydrogen) atoms. The van der Waals surface area contributed by atoms with Crippen LogP contribution in [0.25, 0.3) is 0 Å². The third kappa shape index (κ3) is 4.88. The van der Waals surface area contributed by atoms with Gasteiger partial charge in [0.15, 0.2) is 0 Å². The molecule has 1 atom stereocenters. The number of rotatable bonds is 6. The largest absolute Gasteiger partial charge is 0.480 e. The van der Waals surface area contributed by atoms with Crippen LogP contribution < -0.4 is 10.5 Å². The van der Waals surface area contributed by atoms with Crippen molar-refractivity contribution >= 4 is 21.7 Å². The van der Waals surface area contributed by atoms with E-state index in [1.807, 2.05) is 13.8 Å². The highest BCUT2D eigenvalue weighted by Crippen LogP contribution is 2.16. The molecule has 0 aromatic heterocycles. The van der Waals surface area contributed by atoms with Gasteiger partial charge in [0.25, 0.3) is 0 Å². The lowest BCUT2D eigenvalue weighted by atomic mass is 10.0. The molecule has 1 aromatic carbocycles. The van der Waals surface area contributed by atoms with Gasteiger partial charge in [0.05, 0.1) is 4.90 Å². The van der Waals surface area contributed by atoms with Crippen molar-refractivity contribution in [2.24, 2.45) is 11.1 Å². The van der Waals surface area contributed by atoms with E-state index in [2.05, 4.69) is 5.32 Å². The van der Waals surface area contributed by atoms with E-state index in [0.717, 1.165) is 0 Å². The van der Waals surface area contributed by atoms with E-state index in [9.17, 15) is 13.2 Å². The molecule has 0 aliphatic rings. The first-order valence-corrected chi connectivity index (χ1v) is 7.37. The van der Waals surface area contributed by atoms with Crippen LogP contribution in [0.2, 0.25) is 0 Å². The van der Waals surface area contributed by atoms with Crippen molar-refractivity contribution < 1.29 is 18.3 Å². The summed E-state index contributed by atoms with van der Waals surface area (Å²) in [7, 11) is -3.73. The smallest absolute Gasteiger partial charge is 0.326 e. The fraction of sp³-hybridized carbons (Fsp3) is 0.417. The number of sulfonamides is 1. The first kappa shape index (κ1) is 15.5. The molecule has 1 rings (SSSR count). The summed E-state index contributed by atoms with van der Waals surface area (Å²) in [5, 5.41) is 16.9. The quantitative estimate of drug-likeness (QED) is 0.729. The number of carboxylic acid groups (broad SMARTS) is 1. The van der Waals surface area contributed by atoms with Gasteiger partial charge in [-0.15, -0.1) is 0 Å². The van der Waals surface area contributed by atoms with Crippen molar-refractivity contribution in [3.63, 3.8) is 0 Å². The maximum absolute atomic E-state index is 11.1. The number of hydrogen-bond donors (Lipinski definition) is 3. The summed E-state index contributed by atoms with van der Waals surface area (Å²) >= 11 is 0. The van der Waals surface area contributed by atoms with Gasteiger partial charge in [-0.25, -0.2) is 18.4 Å². The minimum Gasteiger partial charge on any atom is -0.480 e. The fourth-order valence-electron chi connectivity index (χ4n) is 1.63. The zero-order valence-electron chi connectivity index (χ0n) is 10.8. The molecule has 0 amide bonds. The number of anilines is 1. The van der Waals surface area contributed by atoms with Crippen LogP contribution in [-0.4, -0.2) is 25.5 Å². The average molecular weight is 286 g/mol. The Hall–Kier alpha value is -1.60. The van der Waals surface area contributed by atoms with E-state index < -0.39 is 22.0 Å². The summed E-state index contributed by atoms with van der Waals surface area (Å²) in [5.41, 5.74) is 0.542. The molecule has 6 nitrogen and oxygen atoms in total. The monoisotopic (exact) mass is 286 g/mol. The Labute approximate surface area is 112 Å². The topological polar surface area (TPSA) is 109 Å². The van der Waals surface area contributed by atoms with Crippen molar-refractivity contribution in [2.45, 2.75) is 31.2 Å². The summed E-state index contributed by atoms with van der Waals surface area (Å²) < 4.78 is 22.2. The van der Waals surface area contributed by atoms with Gasteiger partial charge >= 0.3 is 5.97 Å². The van der Waals surface area contributed by atoms with Crippen LogP contribution in [0, 0.1) is 5.92 Å². The molecular weight excluding hydrogens is 268 g/mol. The molecule has 7 heteroatoms. The second kappa shape index (κ2) is 6.03. The van der Waals surface area contributed by atoms with E-state index in [1.54, 1.807) is 0 Å². The number of carbonyl (C=O) groups is 1. The summed E-state index contributed by atoms with van der Waals surface area (Å²) in [6.45, 7) is 3.86. The molecule has 0 aliphatic heterocycles. The van der Waals surface area contributed by atoms with Gasteiger partial charge in [-0.1, -0.05) is 13.8 Å². The maximum Gasteiger partial charge on any atom is 0.326 e. The normalized spacial score (nSPS) is 13.3. The predicted molar refractivity (Wildman–Crippen MR) is 72.3 cm³/mol. The van der Waals surface area contributed by atoms with Crippen molar-refractivity contribution in [2.75, 3.05) is 5.32 Å². The van der Waals surface area contributed by atoms with Gasteiger partial charge < -0.3 is 10.4 Å². The Morgan fingerprint density at radius 1 is 1.32 bits per heavy atom. The molecule has 0 spiro atoms. The van der Waals surface area contributed by atoms with Crippen LogP contribution in [0.1, 0.15) is 20.3 Å². The highest BCUT2D eigenvalue weighted by atomic mass is 32.2. The molecule has 0 saturated carbocycles. The first-order chi connectivity index (χ1) is 8.70. The first-order valence-electron chi connectivity index (χ1n) is 5.82. The number of nitrogens with two attached hydrogens (primary N) is 1. The van der Waals surface area contributed by atoms with Crippen LogP contribution in [-0.2, 0) is 14.8 Å². The van der Waals surface area contributed by atoms with Crippen molar-refractivity contribution in [3.8, 4) is 0 Å². The van der Waals surface area contributed by atoms with E-state index in [-0.39, 0.29) is 10.8 Å². The van der Waals surface area contributed by atoms with Gasteiger partial charge in [0, 0.05) is 5.69 Å². The standard InChI is InChI=1S/C12H18N2O4S/c1-8(2)7-11(12(15)16)14-9-3-5-10(6-4-9)19(13,17)18/h3-6,8,11,14H,7H2,1-2H3,(H,15,16)(H2,13,17,18). The van der Waals surface area contributed by atoms with E-state index in [4.69, 9.17) is 10.2 Å². The van der Waals surface area contributed by atoms with Crippen molar-refractivity contribution in [1.29, 1.82) is 0 Å². The Morgan fingerprint density at radius 2 is 1.84 bits per heavy atom. The molecule has 1 unspecified atom stereocenters. The zero-order chi connectivity index (χ0) is 14.6. The fourth-order valence-corrected chi connectivity index (χ4v) is 2.15. The van der Waals surface area contributed by atoms with Gasteiger partial charge in [0.1, 0.15) is 6.04 Å². The Kier molecular flexibility index (Phi) is 4.90. The van der Waals surface area contributed by atoms with Crippen LogP contribution >= 0.6 is 0 Å². The third-order valence-electron chi connectivity index (χ3n) is 2.53. The second-order valence-corrected chi connectivity index (χ2v) is 6.30. The lowest BCUT2D eigenvalue weighted by Gasteiger charge is -2.17. The lowest BCUT2D eigenvalue weighted by Crippen LogP contribution is -2.30. The number of benzene rings is 1. The molecule has 1 aromatic rings. The zero-order valence-corrected chi connectivity index (χ0v) is 11.6. The van der Waals surface area contributed by atoms with Gasteiger partial charge in [-0.05, 0) is 36.6 Å². The Bertz CT molecular complexity index is 537. The lowest BCUT2D eigenvalue weighted by molar-refractivity contribution is -0.138. The summed E-state index contributed by atoms with van der Waals surface area (Å²) in [6.07, 6.45) is 0.478. The van der Waals surface area contributed by atoms with Crippen LogP contribution in [0.5, 0.6) is 0 Å². The summed E-state index contributed by atoms with van der Waals surface area (Å²) in [4.78, 5) is 11.1. The maximum atomic E-state index is 11.1. The van der Waals surface area contributed by atoms with Gasteiger partial charge in [-0.3, -0.25) is 0 Å². The molecule has 4 N–H and O–H groups in total. The Morgan fingerprint density at radius 3 is 2.21 bits per heavy atom. The molecule has 0 heterocycles. The molecule has 0 bridgehead atoms. The van der Waals surface area contributed by atoms with Gasteiger partial charge in [0.2, 0.25) is 10.0 Å². The van der Waals surface area contributed by atoms with Crippen molar-refractivity contribution in [3.05, 3.63) is 24.3 Å². The molecular formula is C12H18N2O4S. The average Bonchev–Trinajstić information content (AvgIpc) is 2.27. The number of aliphatic carboxylic acids is 1. The van der Waals surface area contributed by atoms with E-state index in [0.29, 0.717) is 12.1 Å². The van der Waals surface area contributed by atoms with Crippen LogP contribution in [0.15, 0.2) is 29.2 Å². The van der Waals surface area contributed by atoms with Crippen molar-refractivity contribution in [1.82, 2.24) is 0 Å². The van der Waals surface area contributed by atoms with E-state index >= 15 is 0 Å². The SMILES string of the molecule is CC(C)CC(Nc1ccc(S(N)(=O)=O)cc1)C(=O)O. The van der Waals surface area contributed by atoms with Crippen LogP contribution in [0.4, 0.5) is 5.69 Å². The number of primary sulfonamides is 1. The number of hydrogen-bond acceptors (Lipinski definition) is 4. The Balaban J connectivity index is 2.84. The third-order valence-corrected chi connectivity index (χ3v) is 3.46. The summed E-state index contributed by atoms with van der Waals surface area (Å²) in [5.74, 6) is -0.707. The van der Waals surface area contributed by atoms with E-state index in [1.165, 1.54) is 24.3 Å². The minimum absolute atomic E-state index is 0.00576. The minimum atomic E-state index is -3.73.